The summed E-state index contributed by atoms with van der Waals surface area (Å²) in [6.07, 6.45) is 6.90. The molecule has 1 atom stereocenters. The predicted molar refractivity (Wildman–Crippen MR) is 112 cm³/mol. The molecule has 0 aliphatic heterocycles. The number of carboxylic acids is 1. The van der Waals surface area contributed by atoms with Crippen molar-refractivity contribution in [3.8, 4) is 0 Å². The molecule has 0 saturated heterocycles. The van der Waals surface area contributed by atoms with Crippen molar-refractivity contribution in [3.05, 3.63) is 83.9 Å². The van der Waals surface area contributed by atoms with Crippen LogP contribution in [0.3, 0.4) is 0 Å². The first-order valence-electron chi connectivity index (χ1n) is 9.97. The zero-order valence-electron chi connectivity index (χ0n) is 15.8. The summed E-state index contributed by atoms with van der Waals surface area (Å²) in [6, 6.07) is 25.0. The quantitative estimate of drug-likeness (QED) is 0.432. The van der Waals surface area contributed by atoms with Crippen LogP contribution in [0, 0.1) is 5.92 Å². The zero-order valence-corrected chi connectivity index (χ0v) is 15.8. The molecule has 1 unspecified atom stereocenters. The molecule has 0 heterocycles. The van der Waals surface area contributed by atoms with Crippen molar-refractivity contribution in [1.29, 1.82) is 0 Å². The third-order valence-corrected chi connectivity index (χ3v) is 5.31. The van der Waals surface area contributed by atoms with Crippen LogP contribution in [0.1, 0.15) is 43.2 Å². The molecule has 0 spiro atoms. The molecule has 0 aromatic heterocycles. The SMILES string of the molecule is O=C(O)C(CCCCCCc1ccccc1)Cc1cccc2ccccc12. The van der Waals surface area contributed by atoms with Crippen molar-refractivity contribution in [3.63, 3.8) is 0 Å². The molecule has 0 radical (unpaired) electrons. The maximum atomic E-state index is 11.7. The minimum atomic E-state index is -0.674. The van der Waals surface area contributed by atoms with Gasteiger partial charge in [-0.3, -0.25) is 4.79 Å². The van der Waals surface area contributed by atoms with Crippen molar-refractivity contribution < 1.29 is 9.90 Å². The Morgan fingerprint density at radius 2 is 1.48 bits per heavy atom. The summed E-state index contributed by atoms with van der Waals surface area (Å²) in [7, 11) is 0. The number of aliphatic carboxylic acids is 1. The molecule has 3 aromatic rings. The topological polar surface area (TPSA) is 37.3 Å². The number of rotatable bonds is 10. The standard InChI is InChI=1S/C25H28O2/c26-25(27)23(15-7-2-1-4-11-20-12-5-3-6-13-20)19-22-17-10-16-21-14-8-9-18-24(21)22/h3,5-6,8-10,12-14,16-18,23H,1-2,4,7,11,15,19H2,(H,26,27). The Hall–Kier alpha value is -2.61. The Kier molecular flexibility index (Phi) is 7.04. The van der Waals surface area contributed by atoms with Crippen LogP contribution in [0.5, 0.6) is 0 Å². The second-order valence-corrected chi connectivity index (χ2v) is 7.32. The van der Waals surface area contributed by atoms with Gasteiger partial charge in [0.15, 0.2) is 0 Å². The molecule has 0 saturated carbocycles. The van der Waals surface area contributed by atoms with E-state index in [1.165, 1.54) is 22.8 Å². The number of carboxylic acid groups (broad SMARTS) is 1. The van der Waals surface area contributed by atoms with Crippen LogP contribution in [0.2, 0.25) is 0 Å². The minimum absolute atomic E-state index is 0.301. The molecule has 0 aliphatic carbocycles. The van der Waals surface area contributed by atoms with E-state index in [1.54, 1.807) is 0 Å². The summed E-state index contributed by atoms with van der Waals surface area (Å²) in [4.78, 5) is 11.7. The highest BCUT2D eigenvalue weighted by molar-refractivity contribution is 5.86. The van der Waals surface area contributed by atoms with Crippen molar-refractivity contribution in [2.45, 2.75) is 44.9 Å². The van der Waals surface area contributed by atoms with Crippen LogP contribution in [0.25, 0.3) is 10.8 Å². The predicted octanol–water partition coefficient (Wildman–Crippen LogP) is 6.28. The first-order valence-corrected chi connectivity index (χ1v) is 9.97. The van der Waals surface area contributed by atoms with Crippen LogP contribution in [0.4, 0.5) is 0 Å². The van der Waals surface area contributed by atoms with Crippen LogP contribution < -0.4 is 0 Å². The molecule has 2 heteroatoms. The Morgan fingerprint density at radius 3 is 2.30 bits per heavy atom. The second-order valence-electron chi connectivity index (χ2n) is 7.32. The van der Waals surface area contributed by atoms with Crippen molar-refractivity contribution >= 4 is 16.7 Å². The van der Waals surface area contributed by atoms with Crippen LogP contribution in [-0.4, -0.2) is 11.1 Å². The van der Waals surface area contributed by atoms with Crippen molar-refractivity contribution in [2.24, 2.45) is 5.92 Å². The van der Waals surface area contributed by atoms with Crippen molar-refractivity contribution in [2.75, 3.05) is 0 Å². The molecule has 27 heavy (non-hydrogen) atoms. The Bertz CT molecular complexity index is 849. The molecule has 0 amide bonds. The zero-order chi connectivity index (χ0) is 18.9. The third kappa shape index (κ3) is 5.68. The van der Waals surface area contributed by atoms with E-state index in [0.717, 1.165) is 37.7 Å². The maximum Gasteiger partial charge on any atom is 0.306 e. The van der Waals surface area contributed by atoms with E-state index >= 15 is 0 Å². The number of benzene rings is 3. The maximum absolute atomic E-state index is 11.7. The molecule has 3 rings (SSSR count). The number of aryl methyl sites for hydroxylation is 1. The fourth-order valence-electron chi connectivity index (χ4n) is 3.77. The summed E-state index contributed by atoms with van der Waals surface area (Å²) in [5.74, 6) is -0.975. The monoisotopic (exact) mass is 360 g/mol. The first kappa shape index (κ1) is 19.2. The third-order valence-electron chi connectivity index (χ3n) is 5.31. The van der Waals surface area contributed by atoms with Gasteiger partial charge in [-0.15, -0.1) is 0 Å². The molecular formula is C25H28O2. The van der Waals surface area contributed by atoms with E-state index in [4.69, 9.17) is 0 Å². The van der Waals surface area contributed by atoms with Gasteiger partial charge < -0.3 is 5.11 Å². The fraction of sp³-hybridized carbons (Fsp3) is 0.320. The van der Waals surface area contributed by atoms with E-state index in [0.29, 0.717) is 6.42 Å². The van der Waals surface area contributed by atoms with Gasteiger partial charge in [-0.25, -0.2) is 0 Å². The highest BCUT2D eigenvalue weighted by Gasteiger charge is 2.18. The van der Waals surface area contributed by atoms with Gasteiger partial charge in [0.2, 0.25) is 0 Å². The lowest BCUT2D eigenvalue weighted by atomic mass is 9.91. The number of fused-ring (bicyclic) bond motifs is 1. The molecule has 2 nitrogen and oxygen atoms in total. The molecule has 3 aromatic carbocycles. The lowest BCUT2D eigenvalue weighted by Gasteiger charge is -2.14. The number of unbranched alkanes of at least 4 members (excludes halogenated alkanes) is 3. The smallest absolute Gasteiger partial charge is 0.306 e. The van der Waals surface area contributed by atoms with E-state index < -0.39 is 5.97 Å². The summed E-state index contributed by atoms with van der Waals surface area (Å²) in [5.41, 5.74) is 2.53. The second kappa shape index (κ2) is 9.91. The van der Waals surface area contributed by atoms with E-state index in [9.17, 15) is 9.90 Å². The van der Waals surface area contributed by atoms with Gasteiger partial charge in [0.25, 0.3) is 0 Å². The molecule has 140 valence electrons. The lowest BCUT2D eigenvalue weighted by molar-refractivity contribution is -0.141. The van der Waals surface area contributed by atoms with Gasteiger partial charge in [0.1, 0.15) is 0 Å². The average Bonchev–Trinajstić information content (AvgIpc) is 2.70. The summed E-state index contributed by atoms with van der Waals surface area (Å²) in [6.45, 7) is 0. The van der Waals surface area contributed by atoms with Gasteiger partial charge in [0, 0.05) is 0 Å². The van der Waals surface area contributed by atoms with Crippen LogP contribution in [-0.2, 0) is 17.6 Å². The van der Waals surface area contributed by atoms with Gasteiger partial charge in [0.05, 0.1) is 5.92 Å². The normalized spacial score (nSPS) is 12.1. The molecular weight excluding hydrogens is 332 g/mol. The molecule has 0 fully saturated rings. The largest absolute Gasteiger partial charge is 0.481 e. The molecule has 1 N–H and O–H groups in total. The molecule has 0 aliphatic rings. The van der Waals surface area contributed by atoms with Gasteiger partial charge in [-0.05, 0) is 47.6 Å². The van der Waals surface area contributed by atoms with Crippen molar-refractivity contribution in [1.82, 2.24) is 0 Å². The highest BCUT2D eigenvalue weighted by Crippen LogP contribution is 2.24. The first-order chi connectivity index (χ1) is 13.2. The number of hydrogen-bond donors (Lipinski definition) is 1. The minimum Gasteiger partial charge on any atom is -0.481 e. The number of hydrogen-bond acceptors (Lipinski definition) is 1. The van der Waals surface area contributed by atoms with Crippen LogP contribution >= 0.6 is 0 Å². The lowest BCUT2D eigenvalue weighted by Crippen LogP contribution is -2.16. The highest BCUT2D eigenvalue weighted by atomic mass is 16.4. The van der Waals surface area contributed by atoms with E-state index in [1.807, 2.05) is 24.3 Å². The molecule has 0 bridgehead atoms. The summed E-state index contributed by atoms with van der Waals surface area (Å²) < 4.78 is 0. The summed E-state index contributed by atoms with van der Waals surface area (Å²) in [5, 5.41) is 12.0. The van der Waals surface area contributed by atoms with Gasteiger partial charge in [-0.1, -0.05) is 92.1 Å². The summed E-state index contributed by atoms with van der Waals surface area (Å²) >= 11 is 0. The Balaban J connectivity index is 1.47. The Morgan fingerprint density at radius 1 is 0.778 bits per heavy atom. The van der Waals surface area contributed by atoms with Gasteiger partial charge >= 0.3 is 5.97 Å². The fourth-order valence-corrected chi connectivity index (χ4v) is 3.77. The Labute approximate surface area is 161 Å². The number of carbonyl (C=O) groups is 1. The van der Waals surface area contributed by atoms with Gasteiger partial charge in [-0.2, -0.15) is 0 Å². The van der Waals surface area contributed by atoms with Crippen LogP contribution in [0.15, 0.2) is 72.8 Å². The van der Waals surface area contributed by atoms with E-state index in [2.05, 4.69) is 48.5 Å². The van der Waals surface area contributed by atoms with E-state index in [-0.39, 0.29) is 5.92 Å². The average molecular weight is 360 g/mol.